The van der Waals surface area contributed by atoms with E-state index < -0.39 is 0 Å². The van der Waals surface area contributed by atoms with Crippen LogP contribution in [-0.4, -0.2) is 28.7 Å². The Kier molecular flexibility index (Phi) is 3.97. The molecule has 2 rings (SSSR count). The third-order valence-electron chi connectivity index (χ3n) is 2.14. The van der Waals surface area contributed by atoms with E-state index in [0.717, 1.165) is 0 Å². The van der Waals surface area contributed by atoms with Crippen LogP contribution in [0.2, 0.25) is 0 Å². The fourth-order valence-corrected chi connectivity index (χ4v) is 1.40. The second-order valence-electron chi connectivity index (χ2n) is 3.44. The summed E-state index contributed by atoms with van der Waals surface area (Å²) < 4.78 is 15.9. The SMILES string of the molecule is CCOc1ccccc1Oc1nc(N)nc(OC)n1. The van der Waals surface area contributed by atoms with Gasteiger partial charge in [0.2, 0.25) is 5.95 Å². The smallest absolute Gasteiger partial charge is 0.330 e. The molecule has 0 amide bonds. The van der Waals surface area contributed by atoms with Crippen molar-refractivity contribution in [1.29, 1.82) is 0 Å². The number of rotatable bonds is 5. The van der Waals surface area contributed by atoms with Crippen LogP contribution in [0.5, 0.6) is 23.5 Å². The van der Waals surface area contributed by atoms with Crippen molar-refractivity contribution in [1.82, 2.24) is 15.0 Å². The summed E-state index contributed by atoms with van der Waals surface area (Å²) >= 11 is 0. The van der Waals surface area contributed by atoms with Crippen molar-refractivity contribution in [3.05, 3.63) is 24.3 Å². The molecule has 7 nitrogen and oxygen atoms in total. The fourth-order valence-electron chi connectivity index (χ4n) is 1.40. The first-order valence-electron chi connectivity index (χ1n) is 5.68. The second kappa shape index (κ2) is 5.85. The molecule has 2 N–H and O–H groups in total. The Morgan fingerprint density at radius 3 is 2.42 bits per heavy atom. The molecule has 0 unspecified atom stereocenters. The maximum Gasteiger partial charge on any atom is 0.330 e. The van der Waals surface area contributed by atoms with Crippen molar-refractivity contribution in [2.75, 3.05) is 19.5 Å². The number of nitrogens with two attached hydrogens (primary N) is 1. The fraction of sp³-hybridized carbons (Fsp3) is 0.250. The number of nitrogen functional groups attached to an aromatic ring is 1. The third kappa shape index (κ3) is 3.21. The number of methoxy groups -OCH3 is 1. The van der Waals surface area contributed by atoms with E-state index in [0.29, 0.717) is 18.1 Å². The van der Waals surface area contributed by atoms with Gasteiger partial charge in [-0.05, 0) is 19.1 Å². The van der Waals surface area contributed by atoms with E-state index in [1.54, 1.807) is 12.1 Å². The third-order valence-corrected chi connectivity index (χ3v) is 2.14. The molecule has 0 atom stereocenters. The zero-order valence-corrected chi connectivity index (χ0v) is 10.7. The number of benzene rings is 1. The molecule has 0 aliphatic rings. The Morgan fingerprint density at radius 2 is 1.74 bits per heavy atom. The Balaban J connectivity index is 2.28. The molecule has 19 heavy (non-hydrogen) atoms. The quantitative estimate of drug-likeness (QED) is 0.875. The van der Waals surface area contributed by atoms with Crippen LogP contribution in [0.3, 0.4) is 0 Å². The van der Waals surface area contributed by atoms with Gasteiger partial charge in [-0.2, -0.15) is 9.97 Å². The predicted molar refractivity (Wildman–Crippen MR) is 68.5 cm³/mol. The van der Waals surface area contributed by atoms with Gasteiger partial charge in [-0.3, -0.25) is 0 Å². The lowest BCUT2D eigenvalue weighted by Crippen LogP contribution is -2.03. The molecule has 0 aliphatic carbocycles. The molecule has 2 aromatic rings. The molecule has 0 fully saturated rings. The van der Waals surface area contributed by atoms with Crippen molar-refractivity contribution in [2.45, 2.75) is 6.92 Å². The highest BCUT2D eigenvalue weighted by Crippen LogP contribution is 2.30. The summed E-state index contributed by atoms with van der Waals surface area (Å²) in [5, 5.41) is 0. The lowest BCUT2D eigenvalue weighted by atomic mass is 10.3. The minimum Gasteiger partial charge on any atom is -0.490 e. The summed E-state index contributed by atoms with van der Waals surface area (Å²) in [6.07, 6.45) is 0. The molecule has 0 aliphatic heterocycles. The lowest BCUT2D eigenvalue weighted by Gasteiger charge is -2.10. The maximum absolute atomic E-state index is 5.54. The number of nitrogens with zero attached hydrogens (tertiary/aromatic N) is 3. The minimum absolute atomic E-state index is 0.0238. The van der Waals surface area contributed by atoms with Gasteiger partial charge in [-0.15, -0.1) is 4.98 Å². The minimum atomic E-state index is 0.0238. The summed E-state index contributed by atoms with van der Waals surface area (Å²) in [7, 11) is 1.44. The van der Waals surface area contributed by atoms with Crippen LogP contribution in [-0.2, 0) is 0 Å². The molecule has 0 saturated heterocycles. The topological polar surface area (TPSA) is 92.4 Å². The van der Waals surface area contributed by atoms with E-state index in [9.17, 15) is 0 Å². The van der Waals surface area contributed by atoms with Crippen LogP contribution >= 0.6 is 0 Å². The highest BCUT2D eigenvalue weighted by Gasteiger charge is 2.10. The van der Waals surface area contributed by atoms with Gasteiger partial charge >= 0.3 is 12.0 Å². The zero-order chi connectivity index (χ0) is 13.7. The van der Waals surface area contributed by atoms with Gasteiger partial charge in [0, 0.05) is 0 Å². The predicted octanol–water partition coefficient (Wildman–Crippen LogP) is 1.65. The largest absolute Gasteiger partial charge is 0.490 e. The number of ether oxygens (including phenoxy) is 3. The summed E-state index contributed by atoms with van der Waals surface area (Å²) in [6, 6.07) is 7.35. The molecule has 100 valence electrons. The lowest BCUT2D eigenvalue weighted by molar-refractivity contribution is 0.313. The van der Waals surface area contributed by atoms with Gasteiger partial charge < -0.3 is 19.9 Å². The van der Waals surface area contributed by atoms with E-state index in [2.05, 4.69) is 15.0 Å². The molecule has 1 aromatic heterocycles. The van der Waals surface area contributed by atoms with Gasteiger partial charge in [-0.1, -0.05) is 12.1 Å². The van der Waals surface area contributed by atoms with Gasteiger partial charge in [0.25, 0.3) is 0 Å². The average molecular weight is 262 g/mol. The van der Waals surface area contributed by atoms with Crippen LogP contribution in [0, 0.1) is 0 Å². The van der Waals surface area contributed by atoms with Crippen molar-refractivity contribution in [3.63, 3.8) is 0 Å². The van der Waals surface area contributed by atoms with Crippen molar-refractivity contribution < 1.29 is 14.2 Å². The van der Waals surface area contributed by atoms with Crippen molar-refractivity contribution in [2.24, 2.45) is 0 Å². The first kappa shape index (κ1) is 12.9. The molecule has 1 heterocycles. The van der Waals surface area contributed by atoms with Crippen LogP contribution in [0.1, 0.15) is 6.92 Å². The molecule has 0 spiro atoms. The van der Waals surface area contributed by atoms with Gasteiger partial charge in [-0.25, -0.2) is 0 Å². The number of para-hydroxylation sites is 2. The Bertz CT molecular complexity index is 562. The van der Waals surface area contributed by atoms with Crippen LogP contribution in [0.25, 0.3) is 0 Å². The molecule has 0 bridgehead atoms. The van der Waals surface area contributed by atoms with Crippen LogP contribution in [0.4, 0.5) is 5.95 Å². The Morgan fingerprint density at radius 1 is 1.05 bits per heavy atom. The van der Waals surface area contributed by atoms with Gasteiger partial charge in [0.05, 0.1) is 13.7 Å². The standard InChI is InChI=1S/C12H14N4O3/c1-3-18-8-6-4-5-7-9(8)19-12-15-10(13)14-11(16-12)17-2/h4-7H,3H2,1-2H3,(H2,13,14,15,16). The zero-order valence-electron chi connectivity index (χ0n) is 10.7. The van der Waals surface area contributed by atoms with E-state index >= 15 is 0 Å². The second-order valence-corrected chi connectivity index (χ2v) is 3.44. The van der Waals surface area contributed by atoms with Crippen molar-refractivity contribution >= 4 is 5.95 Å². The Hall–Kier alpha value is -2.57. The van der Waals surface area contributed by atoms with E-state index in [1.807, 2.05) is 19.1 Å². The first-order valence-corrected chi connectivity index (χ1v) is 5.68. The van der Waals surface area contributed by atoms with E-state index in [-0.39, 0.29) is 18.0 Å². The number of aromatic nitrogens is 3. The monoisotopic (exact) mass is 262 g/mol. The van der Waals surface area contributed by atoms with E-state index in [4.69, 9.17) is 19.9 Å². The summed E-state index contributed by atoms with van der Waals surface area (Å²) in [6.45, 7) is 2.42. The van der Waals surface area contributed by atoms with Crippen molar-refractivity contribution in [3.8, 4) is 23.5 Å². The normalized spacial score (nSPS) is 10.0. The molecule has 1 aromatic carbocycles. The highest BCUT2D eigenvalue weighted by molar-refractivity contribution is 5.41. The number of hydrogen-bond donors (Lipinski definition) is 1. The van der Waals surface area contributed by atoms with Crippen LogP contribution in [0.15, 0.2) is 24.3 Å². The van der Waals surface area contributed by atoms with Gasteiger partial charge in [0.1, 0.15) is 0 Å². The number of hydrogen-bond acceptors (Lipinski definition) is 7. The molecular weight excluding hydrogens is 248 g/mol. The van der Waals surface area contributed by atoms with Gasteiger partial charge in [0.15, 0.2) is 11.5 Å². The van der Waals surface area contributed by atoms with Crippen LogP contribution < -0.4 is 19.9 Å². The number of anilines is 1. The Labute approximate surface area is 110 Å². The summed E-state index contributed by atoms with van der Waals surface area (Å²) in [5.74, 6) is 1.12. The molecule has 7 heteroatoms. The first-order chi connectivity index (χ1) is 9.22. The average Bonchev–Trinajstić information content (AvgIpc) is 2.40. The van der Waals surface area contributed by atoms with E-state index in [1.165, 1.54) is 7.11 Å². The maximum atomic E-state index is 5.54. The molecule has 0 saturated carbocycles. The summed E-state index contributed by atoms with van der Waals surface area (Å²) in [5.41, 5.74) is 5.53. The highest BCUT2D eigenvalue weighted by atomic mass is 16.5. The summed E-state index contributed by atoms with van der Waals surface area (Å²) in [4.78, 5) is 11.6. The molecular formula is C12H14N4O3. The molecule has 0 radical (unpaired) electrons.